The second-order valence-corrected chi connectivity index (χ2v) is 5.63. The highest BCUT2D eigenvalue weighted by atomic mass is 32.3. The lowest BCUT2D eigenvalue weighted by molar-refractivity contribution is 0.304. The molecule has 0 saturated carbocycles. The van der Waals surface area contributed by atoms with E-state index >= 15 is 0 Å². The van der Waals surface area contributed by atoms with Crippen molar-refractivity contribution in [1.29, 1.82) is 0 Å². The van der Waals surface area contributed by atoms with Gasteiger partial charge in [-0.05, 0) is 18.6 Å². The third-order valence-electron chi connectivity index (χ3n) is 2.76. The van der Waals surface area contributed by atoms with Crippen LogP contribution in [0.25, 0.3) is 0 Å². The van der Waals surface area contributed by atoms with Crippen LogP contribution in [0.3, 0.4) is 0 Å². The van der Waals surface area contributed by atoms with Gasteiger partial charge >= 0.3 is 10.4 Å². The van der Waals surface area contributed by atoms with Crippen molar-refractivity contribution in [2.45, 2.75) is 51.9 Å². The Kier molecular flexibility index (Phi) is 17.6. The van der Waals surface area contributed by atoms with Gasteiger partial charge in [-0.15, -0.1) is 13.2 Å². The lowest BCUT2D eigenvalue weighted by atomic mass is 10.1. The molecule has 0 radical (unpaired) electrons. The molecule has 0 heterocycles. The van der Waals surface area contributed by atoms with Gasteiger partial charge in [-0.1, -0.05) is 63.6 Å². The molecule has 0 spiro atoms. The molecule has 6 heteroatoms. The minimum atomic E-state index is -4.67. The van der Waals surface area contributed by atoms with Crippen molar-refractivity contribution in [1.82, 2.24) is 0 Å². The Morgan fingerprint density at radius 2 is 1.35 bits per heavy atom. The summed E-state index contributed by atoms with van der Waals surface area (Å²) >= 11 is 0. The summed E-state index contributed by atoms with van der Waals surface area (Å²) in [5.41, 5.74) is 0. The number of benzene rings is 1. The first kappa shape index (κ1) is 23.9. The maximum absolute atomic E-state index is 8.74. The number of hydrogen-bond acceptors (Lipinski definition) is 3. The molecule has 134 valence electrons. The van der Waals surface area contributed by atoms with Gasteiger partial charge in [0.2, 0.25) is 0 Å². The van der Waals surface area contributed by atoms with E-state index in [0.717, 1.165) is 12.4 Å². The van der Waals surface area contributed by atoms with Crippen LogP contribution in [0.5, 0.6) is 5.75 Å². The summed E-state index contributed by atoms with van der Waals surface area (Å²) < 4.78 is 37.2. The lowest BCUT2D eigenvalue weighted by Gasteiger charge is -2.05. The van der Waals surface area contributed by atoms with Crippen LogP contribution in [-0.2, 0) is 10.4 Å². The molecule has 2 N–H and O–H groups in total. The van der Waals surface area contributed by atoms with E-state index in [1.165, 1.54) is 44.9 Å². The molecule has 0 atom stereocenters. The summed E-state index contributed by atoms with van der Waals surface area (Å²) in [7, 11) is -4.67. The zero-order valence-electron chi connectivity index (χ0n) is 14.0. The van der Waals surface area contributed by atoms with E-state index in [2.05, 4.69) is 20.1 Å². The van der Waals surface area contributed by atoms with Gasteiger partial charge in [0.25, 0.3) is 0 Å². The fraction of sp³-hybridized carbons (Fsp3) is 0.529. The Hall–Kier alpha value is -1.37. The van der Waals surface area contributed by atoms with Crippen LogP contribution in [0.15, 0.2) is 43.5 Å². The average molecular weight is 346 g/mol. The van der Waals surface area contributed by atoms with Crippen LogP contribution in [-0.4, -0.2) is 24.1 Å². The van der Waals surface area contributed by atoms with Crippen LogP contribution < -0.4 is 4.74 Å². The van der Waals surface area contributed by atoms with Gasteiger partial charge in [-0.25, -0.2) is 0 Å². The van der Waals surface area contributed by atoms with Gasteiger partial charge in [0.15, 0.2) is 0 Å². The molecule has 0 saturated heterocycles. The molecule has 0 aliphatic rings. The second kappa shape index (κ2) is 17.0. The predicted molar refractivity (Wildman–Crippen MR) is 95.4 cm³/mol. The Morgan fingerprint density at radius 1 is 0.913 bits per heavy atom. The topological polar surface area (TPSA) is 83.8 Å². The number of hydrogen-bond donors (Lipinski definition) is 2. The van der Waals surface area contributed by atoms with Crippen molar-refractivity contribution in [3.8, 4) is 5.75 Å². The molecule has 0 aliphatic carbocycles. The molecular formula is C17H30O5S. The molecule has 0 amide bonds. The minimum Gasteiger partial charge on any atom is -0.494 e. The third-order valence-corrected chi connectivity index (χ3v) is 2.76. The SMILES string of the molecule is C=C.CCCCCCCCCOc1ccccc1.O=S(=O)(O)O. The molecule has 0 bridgehead atoms. The maximum Gasteiger partial charge on any atom is 0.394 e. The quantitative estimate of drug-likeness (QED) is 0.375. The van der Waals surface area contributed by atoms with Crippen LogP contribution in [0.1, 0.15) is 51.9 Å². The highest BCUT2D eigenvalue weighted by Crippen LogP contribution is 2.10. The van der Waals surface area contributed by atoms with E-state index in [0.29, 0.717) is 0 Å². The Bertz CT molecular complexity index is 437. The van der Waals surface area contributed by atoms with Crippen molar-refractivity contribution in [3.63, 3.8) is 0 Å². The van der Waals surface area contributed by atoms with Crippen molar-refractivity contribution in [3.05, 3.63) is 43.5 Å². The Balaban J connectivity index is 0. The molecule has 0 aliphatic heterocycles. The highest BCUT2D eigenvalue weighted by molar-refractivity contribution is 7.79. The molecule has 1 rings (SSSR count). The molecule has 1 aromatic rings. The second-order valence-electron chi connectivity index (χ2n) is 4.73. The van der Waals surface area contributed by atoms with Crippen LogP contribution in [0, 0.1) is 0 Å². The summed E-state index contributed by atoms with van der Waals surface area (Å²) in [5.74, 6) is 0.994. The summed E-state index contributed by atoms with van der Waals surface area (Å²) in [5, 5.41) is 0. The predicted octanol–water partition coefficient (Wildman–Crippen LogP) is 4.97. The smallest absolute Gasteiger partial charge is 0.394 e. The first-order valence-electron chi connectivity index (χ1n) is 7.81. The summed E-state index contributed by atoms with van der Waals surface area (Å²) in [6, 6.07) is 10.1. The van der Waals surface area contributed by atoms with Gasteiger partial charge in [-0.2, -0.15) is 8.42 Å². The van der Waals surface area contributed by atoms with E-state index in [1.807, 2.05) is 30.3 Å². The largest absolute Gasteiger partial charge is 0.494 e. The zero-order chi connectivity index (χ0) is 18.0. The molecule has 0 unspecified atom stereocenters. The van der Waals surface area contributed by atoms with Crippen molar-refractivity contribution in [2.75, 3.05) is 6.61 Å². The number of rotatable bonds is 9. The van der Waals surface area contributed by atoms with E-state index in [-0.39, 0.29) is 0 Å². The Labute approximate surface area is 141 Å². The molecule has 0 fully saturated rings. The van der Waals surface area contributed by atoms with Gasteiger partial charge < -0.3 is 4.74 Å². The zero-order valence-corrected chi connectivity index (χ0v) is 14.8. The number of para-hydroxylation sites is 1. The van der Waals surface area contributed by atoms with E-state index in [1.54, 1.807) is 0 Å². The third kappa shape index (κ3) is 25.9. The molecule has 23 heavy (non-hydrogen) atoms. The lowest BCUT2D eigenvalue weighted by Crippen LogP contribution is -1.96. The monoisotopic (exact) mass is 346 g/mol. The first-order valence-corrected chi connectivity index (χ1v) is 9.21. The number of ether oxygens (including phenoxy) is 1. The van der Waals surface area contributed by atoms with Crippen LogP contribution >= 0.6 is 0 Å². The average Bonchev–Trinajstić information content (AvgIpc) is 2.51. The molecule has 0 aromatic heterocycles. The van der Waals surface area contributed by atoms with E-state index in [9.17, 15) is 0 Å². The van der Waals surface area contributed by atoms with Gasteiger partial charge in [0.05, 0.1) is 6.61 Å². The van der Waals surface area contributed by atoms with Crippen molar-refractivity contribution < 1.29 is 22.3 Å². The molecule has 5 nitrogen and oxygen atoms in total. The van der Waals surface area contributed by atoms with E-state index < -0.39 is 10.4 Å². The maximum atomic E-state index is 8.74. The summed E-state index contributed by atoms with van der Waals surface area (Å²) in [6.07, 6.45) is 9.35. The fourth-order valence-electron chi connectivity index (χ4n) is 1.77. The minimum absolute atomic E-state index is 0.859. The van der Waals surface area contributed by atoms with Gasteiger partial charge in [0, 0.05) is 0 Å². The standard InChI is InChI=1S/C15H24O.C2H4.H2O4S/c1-2-3-4-5-6-7-11-14-16-15-12-9-8-10-13-15;1-2;1-5(2,3)4/h8-10,12-13H,2-7,11,14H2,1H3;1-2H2;(H2,1,2,3,4). The summed E-state index contributed by atoms with van der Waals surface area (Å²) in [4.78, 5) is 0. The van der Waals surface area contributed by atoms with Crippen LogP contribution in [0.4, 0.5) is 0 Å². The van der Waals surface area contributed by atoms with E-state index in [4.69, 9.17) is 22.3 Å². The summed E-state index contributed by atoms with van der Waals surface area (Å²) in [6.45, 7) is 9.12. The fourth-order valence-corrected chi connectivity index (χ4v) is 1.77. The molecular weight excluding hydrogens is 316 g/mol. The highest BCUT2D eigenvalue weighted by Gasteiger charge is 1.93. The normalized spacial score (nSPS) is 9.87. The van der Waals surface area contributed by atoms with Crippen molar-refractivity contribution in [2.24, 2.45) is 0 Å². The van der Waals surface area contributed by atoms with Gasteiger partial charge in [0.1, 0.15) is 5.75 Å². The van der Waals surface area contributed by atoms with Crippen molar-refractivity contribution >= 4 is 10.4 Å². The van der Waals surface area contributed by atoms with Crippen LogP contribution in [0.2, 0.25) is 0 Å². The number of unbranched alkanes of at least 4 members (excludes halogenated alkanes) is 6. The van der Waals surface area contributed by atoms with Gasteiger partial charge in [-0.3, -0.25) is 9.11 Å². The first-order chi connectivity index (χ1) is 10.9. The molecule has 1 aromatic carbocycles. The Morgan fingerprint density at radius 3 is 1.83 bits per heavy atom.